The number of aliphatic hydroxyl groups excluding tert-OH is 1. The second-order valence-electron chi connectivity index (χ2n) is 14.0. The summed E-state index contributed by atoms with van der Waals surface area (Å²) in [6.45, 7) is 3.18. The summed E-state index contributed by atoms with van der Waals surface area (Å²) in [6.07, 6.45) is 57.1. The Morgan fingerprint density at radius 2 is 0.983 bits per heavy atom. The van der Waals surface area contributed by atoms with Crippen LogP contribution in [0.2, 0.25) is 0 Å². The molecule has 0 radical (unpaired) electrons. The third-order valence-corrected chi connectivity index (χ3v) is 8.75. The van der Waals surface area contributed by atoms with E-state index in [9.17, 15) is 19.2 Å². The fraction of sp³-hybridized carbons (Fsp3) is 0.551. The molecule has 0 fully saturated rings. The van der Waals surface area contributed by atoms with Crippen molar-refractivity contribution in [3.05, 3.63) is 109 Å². The van der Waals surface area contributed by atoms with Crippen molar-refractivity contribution < 1.29 is 34.1 Å². The van der Waals surface area contributed by atoms with Crippen molar-refractivity contribution in [1.82, 2.24) is 10.6 Å². The molecule has 0 saturated carbocycles. The van der Waals surface area contributed by atoms with Gasteiger partial charge in [-0.1, -0.05) is 143 Å². The number of aliphatic hydroxyl groups is 1. The molecule has 0 bridgehead atoms. The highest BCUT2D eigenvalue weighted by Crippen LogP contribution is 2.14. The van der Waals surface area contributed by atoms with Crippen LogP contribution in [-0.2, 0) is 23.9 Å². The number of hydrogen-bond donors (Lipinski definition) is 4. The molecule has 58 heavy (non-hydrogen) atoms. The molecule has 4 N–H and O–H groups in total. The lowest BCUT2D eigenvalue weighted by atomic mass is 10.1. The Morgan fingerprint density at radius 1 is 0.534 bits per heavy atom. The van der Waals surface area contributed by atoms with E-state index in [2.05, 4.69) is 122 Å². The molecular formula is C49H76N2O7. The van der Waals surface area contributed by atoms with E-state index in [4.69, 9.17) is 14.9 Å². The maximum absolute atomic E-state index is 12.7. The van der Waals surface area contributed by atoms with E-state index >= 15 is 0 Å². The van der Waals surface area contributed by atoms with E-state index in [1.807, 2.05) is 12.2 Å². The normalized spacial score (nSPS) is 13.6. The Bertz CT molecular complexity index is 1340. The zero-order valence-electron chi connectivity index (χ0n) is 35.7. The van der Waals surface area contributed by atoms with Crippen LogP contribution in [0.3, 0.4) is 0 Å². The summed E-state index contributed by atoms with van der Waals surface area (Å²) in [5.41, 5.74) is 0. The molecule has 0 aromatic heterocycles. The highest BCUT2D eigenvalue weighted by atomic mass is 16.5. The molecule has 0 aliphatic rings. The Balaban J connectivity index is 4.32. The minimum absolute atomic E-state index is 0.166. The lowest BCUT2D eigenvalue weighted by Gasteiger charge is -2.15. The number of rotatable bonds is 37. The monoisotopic (exact) mass is 805 g/mol. The Kier molecular flexibility index (Phi) is 38.8. The third kappa shape index (κ3) is 38.4. The molecule has 324 valence electrons. The second kappa shape index (κ2) is 42.1. The maximum atomic E-state index is 12.7. The fourth-order valence-electron chi connectivity index (χ4n) is 5.47. The van der Waals surface area contributed by atoms with Crippen molar-refractivity contribution in [2.45, 2.75) is 161 Å². The average molecular weight is 805 g/mol. The summed E-state index contributed by atoms with van der Waals surface area (Å²) in [6, 6.07) is -1.40. The number of allylic oxidation sites excluding steroid dienone is 17. The van der Waals surface area contributed by atoms with Gasteiger partial charge in [0.1, 0.15) is 12.1 Å². The van der Waals surface area contributed by atoms with Gasteiger partial charge >= 0.3 is 11.9 Å². The Hall–Kier alpha value is -4.50. The topological polar surface area (TPSA) is 142 Å². The van der Waals surface area contributed by atoms with Crippen LogP contribution in [0.5, 0.6) is 0 Å². The summed E-state index contributed by atoms with van der Waals surface area (Å²) < 4.78 is 5.87. The second-order valence-corrected chi connectivity index (χ2v) is 14.0. The molecule has 0 heterocycles. The van der Waals surface area contributed by atoms with Crippen LogP contribution in [0, 0.1) is 0 Å². The summed E-state index contributed by atoms with van der Waals surface area (Å²) in [5.74, 6) is -2.49. The van der Waals surface area contributed by atoms with Gasteiger partial charge in [0.05, 0.1) is 13.2 Å². The van der Waals surface area contributed by atoms with Crippen LogP contribution in [0.15, 0.2) is 109 Å². The number of nitrogens with one attached hydrogen (secondary N) is 2. The van der Waals surface area contributed by atoms with Crippen LogP contribution in [0.4, 0.5) is 0 Å². The molecule has 0 saturated heterocycles. The van der Waals surface area contributed by atoms with Crippen molar-refractivity contribution in [2.75, 3.05) is 13.2 Å². The van der Waals surface area contributed by atoms with E-state index < -0.39 is 24.5 Å². The van der Waals surface area contributed by atoms with Crippen molar-refractivity contribution >= 4 is 23.8 Å². The van der Waals surface area contributed by atoms with E-state index in [0.29, 0.717) is 19.3 Å². The summed E-state index contributed by atoms with van der Waals surface area (Å²) in [7, 11) is 0. The van der Waals surface area contributed by atoms with E-state index in [1.165, 1.54) is 0 Å². The zero-order valence-corrected chi connectivity index (χ0v) is 35.7. The van der Waals surface area contributed by atoms with Crippen LogP contribution in [0.25, 0.3) is 0 Å². The molecule has 0 aromatic carbocycles. The lowest BCUT2D eigenvalue weighted by molar-refractivity contribution is -0.147. The van der Waals surface area contributed by atoms with Gasteiger partial charge in [0.25, 0.3) is 0 Å². The standard InChI is InChI=1S/C49H76N2O7/c1-3-5-7-9-11-13-14-15-16-17-18-19-20-21-22-23-24-25-26-27-29-31-37-41-48(55)58-44(38-34-30-28-12-10-8-6-4-2)39-35-32-33-36-40-46(53)50-42-47(54)51-45(43-52)49(56)57/h5-8,11-13,15-16,18-19,21-22,24-25,28,34,38,44-45,52H,3-4,9-10,14,17,20,23,26-27,29-33,35-37,39-43H2,1-2H3,(H,50,53)(H,51,54)(H,56,57)/b7-5-,8-6-,13-11-,16-15-,19-18-,22-21-,25-24-,28-12-,38-34-. The summed E-state index contributed by atoms with van der Waals surface area (Å²) >= 11 is 0. The Labute approximate surface area is 350 Å². The quantitative estimate of drug-likeness (QED) is 0.0278. The minimum atomic E-state index is -1.40. The minimum Gasteiger partial charge on any atom is -0.480 e. The average Bonchev–Trinajstić information content (AvgIpc) is 3.21. The van der Waals surface area contributed by atoms with Crippen molar-refractivity contribution in [3.63, 3.8) is 0 Å². The first kappa shape index (κ1) is 53.5. The highest BCUT2D eigenvalue weighted by Gasteiger charge is 2.18. The summed E-state index contributed by atoms with van der Waals surface area (Å²) in [5, 5.41) is 22.5. The number of hydrogen-bond acceptors (Lipinski definition) is 6. The van der Waals surface area contributed by atoms with E-state index in [-0.39, 0.29) is 30.9 Å². The van der Waals surface area contributed by atoms with Gasteiger partial charge in [0.15, 0.2) is 0 Å². The number of amides is 2. The molecule has 2 unspecified atom stereocenters. The summed E-state index contributed by atoms with van der Waals surface area (Å²) in [4.78, 5) is 47.5. The Morgan fingerprint density at radius 3 is 1.48 bits per heavy atom. The molecule has 9 nitrogen and oxygen atoms in total. The predicted molar refractivity (Wildman–Crippen MR) is 240 cm³/mol. The molecule has 0 aliphatic carbocycles. The highest BCUT2D eigenvalue weighted by molar-refractivity contribution is 5.87. The number of carbonyl (C=O) groups excluding carboxylic acids is 3. The lowest BCUT2D eigenvalue weighted by Crippen LogP contribution is -2.47. The molecule has 0 rings (SSSR count). The first-order valence-corrected chi connectivity index (χ1v) is 21.8. The number of carbonyl (C=O) groups is 4. The smallest absolute Gasteiger partial charge is 0.328 e. The van der Waals surface area contributed by atoms with Gasteiger partial charge in [0, 0.05) is 12.8 Å². The molecule has 9 heteroatoms. The van der Waals surface area contributed by atoms with Gasteiger partial charge < -0.3 is 25.6 Å². The zero-order chi connectivity index (χ0) is 42.6. The SMILES string of the molecule is CC/C=C\C/C=C\C/C=C\C/C=C\C/C=C\C/C=C\CCCCCCC(=O)OC(/C=C\C/C=C\C/C=C\CC)CCCCCCC(=O)NCC(=O)NC(CO)C(=O)O. The number of carboxylic acids is 1. The van der Waals surface area contributed by atoms with E-state index in [0.717, 1.165) is 109 Å². The number of ether oxygens (including phenoxy) is 1. The molecule has 0 spiro atoms. The number of carboxylic acid groups (broad SMARTS) is 1. The van der Waals surface area contributed by atoms with Crippen LogP contribution in [0.1, 0.15) is 149 Å². The van der Waals surface area contributed by atoms with Gasteiger partial charge in [0.2, 0.25) is 11.8 Å². The largest absolute Gasteiger partial charge is 0.480 e. The predicted octanol–water partition coefficient (Wildman–Crippen LogP) is 10.8. The number of aliphatic carboxylic acids is 1. The van der Waals surface area contributed by atoms with Gasteiger partial charge in [-0.2, -0.15) is 0 Å². The van der Waals surface area contributed by atoms with Gasteiger partial charge in [-0.05, 0) is 102 Å². The first-order valence-electron chi connectivity index (χ1n) is 21.8. The third-order valence-electron chi connectivity index (χ3n) is 8.75. The van der Waals surface area contributed by atoms with Crippen LogP contribution < -0.4 is 10.6 Å². The van der Waals surface area contributed by atoms with E-state index in [1.54, 1.807) is 0 Å². The molecule has 0 aliphatic heterocycles. The van der Waals surface area contributed by atoms with Crippen molar-refractivity contribution in [3.8, 4) is 0 Å². The molecule has 2 amide bonds. The fourth-order valence-corrected chi connectivity index (χ4v) is 5.47. The first-order chi connectivity index (χ1) is 28.3. The van der Waals surface area contributed by atoms with Gasteiger partial charge in [-0.25, -0.2) is 4.79 Å². The van der Waals surface area contributed by atoms with Crippen LogP contribution in [-0.4, -0.2) is 59.3 Å². The molecular weight excluding hydrogens is 729 g/mol. The maximum Gasteiger partial charge on any atom is 0.328 e. The molecule has 2 atom stereocenters. The van der Waals surface area contributed by atoms with Crippen LogP contribution >= 0.6 is 0 Å². The molecule has 0 aromatic rings. The van der Waals surface area contributed by atoms with Crippen molar-refractivity contribution in [1.29, 1.82) is 0 Å². The van der Waals surface area contributed by atoms with Gasteiger partial charge in [-0.15, -0.1) is 0 Å². The number of esters is 1. The number of unbranched alkanes of at least 4 members (excludes halogenated alkanes) is 7. The van der Waals surface area contributed by atoms with Gasteiger partial charge in [-0.3, -0.25) is 14.4 Å². The van der Waals surface area contributed by atoms with Crippen molar-refractivity contribution in [2.24, 2.45) is 0 Å².